The predicted octanol–water partition coefficient (Wildman–Crippen LogP) is 2.60. The number of benzene rings is 1. The van der Waals surface area contributed by atoms with Crippen molar-refractivity contribution >= 4 is 37.1 Å². The maximum Gasteiger partial charge on any atom is 0.334 e. The van der Waals surface area contributed by atoms with Crippen molar-refractivity contribution in [2.24, 2.45) is 7.05 Å². The van der Waals surface area contributed by atoms with Crippen LogP contribution in [0.15, 0.2) is 33.8 Å². The lowest BCUT2D eigenvalue weighted by atomic mass is 10.2. The highest BCUT2D eigenvalue weighted by Crippen LogP contribution is 2.28. The van der Waals surface area contributed by atoms with Crippen LogP contribution in [0, 0.1) is 0 Å². The number of aryl methyl sites for hydroxylation is 1. The maximum atomic E-state index is 12.9. The lowest BCUT2D eigenvalue weighted by Crippen LogP contribution is -1.89. The largest absolute Gasteiger partial charge is 0.349 e. The second-order valence-corrected chi connectivity index (χ2v) is 5.43. The van der Waals surface area contributed by atoms with Crippen LogP contribution in [0.2, 0.25) is 0 Å². The Hall–Kier alpha value is -0.880. The molecule has 0 fully saturated rings. The molecule has 0 amide bonds. The van der Waals surface area contributed by atoms with Crippen LogP contribution in [-0.4, -0.2) is 13.0 Å². The molecule has 80 valence electrons. The molecular weight excluding hydrogens is 285 g/mol. The fraction of sp³-hybridized carbons (Fsp3) is 0.111. The molecule has 0 saturated carbocycles. The van der Waals surface area contributed by atoms with Crippen LogP contribution in [0.4, 0.5) is 3.89 Å². The van der Waals surface area contributed by atoms with Gasteiger partial charge in [-0.3, -0.25) is 0 Å². The van der Waals surface area contributed by atoms with Crippen LogP contribution >= 0.6 is 15.9 Å². The van der Waals surface area contributed by atoms with Crippen molar-refractivity contribution in [2.45, 2.75) is 4.90 Å². The molecule has 0 spiro atoms. The number of hydrogen-bond acceptors (Lipinski definition) is 2. The van der Waals surface area contributed by atoms with Crippen molar-refractivity contribution in [3.63, 3.8) is 0 Å². The number of fused-ring (bicyclic) bond motifs is 1. The summed E-state index contributed by atoms with van der Waals surface area (Å²) in [6.07, 6.45) is 1.27. The summed E-state index contributed by atoms with van der Waals surface area (Å²) in [7, 11) is -2.99. The van der Waals surface area contributed by atoms with Gasteiger partial charge < -0.3 is 4.57 Å². The highest BCUT2D eigenvalue weighted by Gasteiger charge is 2.18. The molecule has 0 radical (unpaired) electrons. The Morgan fingerprint density at radius 1 is 1.40 bits per heavy atom. The van der Waals surface area contributed by atoms with Crippen LogP contribution in [0.5, 0.6) is 0 Å². The van der Waals surface area contributed by atoms with Gasteiger partial charge in [-0.05, 0) is 12.1 Å². The Bertz CT molecular complexity index is 633. The van der Waals surface area contributed by atoms with Crippen LogP contribution in [-0.2, 0) is 17.3 Å². The number of rotatable bonds is 1. The van der Waals surface area contributed by atoms with E-state index in [9.17, 15) is 12.3 Å². The molecular formula is C9H7BrFNO2S. The van der Waals surface area contributed by atoms with Gasteiger partial charge >= 0.3 is 10.2 Å². The average molecular weight is 292 g/mol. The van der Waals surface area contributed by atoms with Gasteiger partial charge in [0.15, 0.2) is 0 Å². The Morgan fingerprint density at radius 2 is 2.07 bits per heavy atom. The summed E-state index contributed by atoms with van der Waals surface area (Å²) in [5, 5.41) is 0.392. The quantitative estimate of drug-likeness (QED) is 0.758. The molecule has 0 aliphatic rings. The van der Waals surface area contributed by atoms with Crippen molar-refractivity contribution in [1.29, 1.82) is 0 Å². The van der Waals surface area contributed by atoms with Crippen LogP contribution in [0.1, 0.15) is 0 Å². The fourth-order valence-electron chi connectivity index (χ4n) is 1.51. The summed E-state index contributed by atoms with van der Waals surface area (Å²) >= 11 is 3.27. The zero-order valence-corrected chi connectivity index (χ0v) is 10.1. The predicted molar refractivity (Wildman–Crippen MR) is 58.9 cm³/mol. The molecule has 0 aliphatic carbocycles. The molecule has 0 aliphatic heterocycles. The number of nitrogens with zero attached hydrogens (tertiary/aromatic N) is 1. The zero-order chi connectivity index (χ0) is 11.2. The van der Waals surface area contributed by atoms with E-state index in [2.05, 4.69) is 15.9 Å². The van der Waals surface area contributed by atoms with E-state index in [4.69, 9.17) is 0 Å². The summed E-state index contributed by atoms with van der Waals surface area (Å²) in [6, 6.07) is 4.99. The third kappa shape index (κ3) is 1.79. The molecule has 15 heavy (non-hydrogen) atoms. The number of halogens is 2. The molecule has 0 bridgehead atoms. The van der Waals surface area contributed by atoms with Crippen molar-refractivity contribution in [1.82, 2.24) is 4.57 Å². The SMILES string of the molecule is Cn1cc(S(=O)(=O)F)c2ccc(Br)cc21. The van der Waals surface area contributed by atoms with E-state index in [0.29, 0.717) is 10.9 Å². The van der Waals surface area contributed by atoms with Gasteiger partial charge in [0.05, 0.1) is 5.52 Å². The smallest absolute Gasteiger partial charge is 0.334 e. The molecule has 3 nitrogen and oxygen atoms in total. The van der Waals surface area contributed by atoms with E-state index >= 15 is 0 Å². The summed E-state index contributed by atoms with van der Waals surface area (Å²) < 4.78 is 37.0. The Labute approximate surface area is 94.9 Å². The molecule has 0 atom stereocenters. The summed E-state index contributed by atoms with van der Waals surface area (Å²) in [5.74, 6) is 0. The average Bonchev–Trinajstić information content (AvgIpc) is 2.43. The molecule has 2 aromatic rings. The molecule has 6 heteroatoms. The summed E-state index contributed by atoms with van der Waals surface area (Å²) in [6.45, 7) is 0. The van der Waals surface area contributed by atoms with Gasteiger partial charge in [0.1, 0.15) is 4.90 Å². The fourth-order valence-corrected chi connectivity index (χ4v) is 2.58. The minimum atomic E-state index is -4.66. The Balaban J connectivity index is 2.92. The van der Waals surface area contributed by atoms with Gasteiger partial charge in [-0.25, -0.2) is 0 Å². The lowest BCUT2D eigenvalue weighted by molar-refractivity contribution is 0.553. The summed E-state index contributed by atoms with van der Waals surface area (Å²) in [5.41, 5.74) is 0.667. The topological polar surface area (TPSA) is 39.1 Å². The van der Waals surface area contributed by atoms with E-state index in [1.165, 1.54) is 6.20 Å². The van der Waals surface area contributed by atoms with Gasteiger partial charge in [0.2, 0.25) is 0 Å². The molecule has 1 heterocycles. The number of aromatic nitrogens is 1. The van der Waals surface area contributed by atoms with Crippen LogP contribution in [0.3, 0.4) is 0 Å². The minimum absolute atomic E-state index is 0.285. The van der Waals surface area contributed by atoms with Gasteiger partial charge in [-0.15, -0.1) is 3.89 Å². The van der Waals surface area contributed by atoms with Crippen molar-refractivity contribution < 1.29 is 12.3 Å². The molecule has 1 aromatic heterocycles. The van der Waals surface area contributed by atoms with Gasteiger partial charge in [-0.2, -0.15) is 8.42 Å². The van der Waals surface area contributed by atoms with E-state index < -0.39 is 10.2 Å². The number of hydrogen-bond donors (Lipinski definition) is 0. The third-order valence-electron chi connectivity index (χ3n) is 2.18. The second-order valence-electron chi connectivity index (χ2n) is 3.20. The first-order valence-electron chi connectivity index (χ1n) is 4.09. The van der Waals surface area contributed by atoms with Gasteiger partial charge in [0.25, 0.3) is 0 Å². The minimum Gasteiger partial charge on any atom is -0.349 e. The van der Waals surface area contributed by atoms with E-state index in [1.54, 1.807) is 29.8 Å². The molecule has 2 rings (SSSR count). The zero-order valence-electron chi connectivity index (χ0n) is 7.74. The molecule has 0 N–H and O–H groups in total. The second kappa shape index (κ2) is 3.31. The highest BCUT2D eigenvalue weighted by atomic mass is 79.9. The Morgan fingerprint density at radius 3 is 2.67 bits per heavy atom. The first-order chi connectivity index (χ1) is 6.89. The third-order valence-corrected chi connectivity index (χ3v) is 3.52. The maximum absolute atomic E-state index is 12.9. The summed E-state index contributed by atoms with van der Waals surface area (Å²) in [4.78, 5) is -0.285. The van der Waals surface area contributed by atoms with Crippen LogP contribution < -0.4 is 0 Å². The monoisotopic (exact) mass is 291 g/mol. The normalized spacial score (nSPS) is 12.2. The first kappa shape index (κ1) is 10.6. The van der Waals surface area contributed by atoms with Crippen molar-refractivity contribution in [2.75, 3.05) is 0 Å². The van der Waals surface area contributed by atoms with Gasteiger partial charge in [0, 0.05) is 23.1 Å². The van der Waals surface area contributed by atoms with E-state index in [0.717, 1.165) is 4.47 Å². The molecule has 0 unspecified atom stereocenters. The first-order valence-corrected chi connectivity index (χ1v) is 6.26. The molecule has 0 saturated heterocycles. The van der Waals surface area contributed by atoms with E-state index in [1.807, 2.05) is 0 Å². The van der Waals surface area contributed by atoms with Gasteiger partial charge in [-0.1, -0.05) is 22.0 Å². The Kier molecular flexibility index (Phi) is 2.35. The van der Waals surface area contributed by atoms with Crippen LogP contribution in [0.25, 0.3) is 10.9 Å². The van der Waals surface area contributed by atoms with E-state index in [-0.39, 0.29) is 4.90 Å². The lowest BCUT2D eigenvalue weighted by Gasteiger charge is -1.95. The van der Waals surface area contributed by atoms with Crippen molar-refractivity contribution in [3.05, 3.63) is 28.9 Å². The standard InChI is InChI=1S/C9H7BrFNO2S/c1-12-5-9(15(11,13)14)7-3-2-6(10)4-8(7)12/h2-5H,1H3. The highest BCUT2D eigenvalue weighted by molar-refractivity contribution is 9.10. The molecule has 1 aromatic carbocycles. The van der Waals surface area contributed by atoms with Crippen molar-refractivity contribution in [3.8, 4) is 0 Å².